The number of anilines is 2. The van der Waals surface area contributed by atoms with Crippen LogP contribution in [0.1, 0.15) is 31.9 Å². The third-order valence-corrected chi connectivity index (χ3v) is 4.71. The van der Waals surface area contributed by atoms with E-state index in [1.54, 1.807) is 12.1 Å². The van der Waals surface area contributed by atoms with E-state index >= 15 is 0 Å². The van der Waals surface area contributed by atoms with Gasteiger partial charge >= 0.3 is 6.03 Å². The van der Waals surface area contributed by atoms with E-state index in [-0.39, 0.29) is 17.9 Å². The molecule has 0 spiro atoms. The van der Waals surface area contributed by atoms with Crippen molar-refractivity contribution in [3.8, 4) is 5.75 Å². The Hall–Kier alpha value is -3.02. The van der Waals surface area contributed by atoms with Crippen molar-refractivity contribution in [2.45, 2.75) is 33.7 Å². The van der Waals surface area contributed by atoms with Crippen LogP contribution in [-0.2, 0) is 17.8 Å². The lowest BCUT2D eigenvalue weighted by molar-refractivity contribution is -0.135. The molecule has 1 heterocycles. The van der Waals surface area contributed by atoms with Gasteiger partial charge in [0, 0.05) is 30.4 Å². The van der Waals surface area contributed by atoms with Crippen molar-refractivity contribution in [2.24, 2.45) is 5.92 Å². The van der Waals surface area contributed by atoms with Crippen molar-refractivity contribution in [2.75, 3.05) is 23.8 Å². The highest BCUT2D eigenvalue weighted by Gasteiger charge is 2.22. The molecule has 0 saturated carbocycles. The second kappa shape index (κ2) is 8.78. The first kappa shape index (κ1) is 19.7. The summed E-state index contributed by atoms with van der Waals surface area (Å²) in [6.45, 7) is 7.70. The summed E-state index contributed by atoms with van der Waals surface area (Å²) in [7, 11) is 0. The second-order valence-corrected chi connectivity index (χ2v) is 7.18. The molecule has 6 nitrogen and oxygen atoms in total. The summed E-state index contributed by atoms with van der Waals surface area (Å²) in [5.41, 5.74) is 3.71. The highest BCUT2D eigenvalue weighted by Crippen LogP contribution is 2.24. The van der Waals surface area contributed by atoms with Crippen LogP contribution in [0.2, 0.25) is 0 Å². The van der Waals surface area contributed by atoms with Gasteiger partial charge in [0.2, 0.25) is 5.91 Å². The smallest absolute Gasteiger partial charge is 0.323 e. The van der Waals surface area contributed by atoms with E-state index in [0.29, 0.717) is 24.5 Å². The van der Waals surface area contributed by atoms with Gasteiger partial charge < -0.3 is 20.3 Å². The van der Waals surface area contributed by atoms with Crippen LogP contribution in [0.4, 0.5) is 16.2 Å². The summed E-state index contributed by atoms with van der Waals surface area (Å²) >= 11 is 0. The first-order chi connectivity index (χ1) is 13.5. The molecular formula is C22H27N3O3. The zero-order valence-electron chi connectivity index (χ0n) is 16.6. The van der Waals surface area contributed by atoms with Crippen molar-refractivity contribution in [1.82, 2.24) is 4.90 Å². The SMILES string of the molecule is CCOc1ccc(NC(=O)Nc2ccc3c(c2)CN(C(=O)C(C)C)CC3)cc1. The summed E-state index contributed by atoms with van der Waals surface area (Å²) in [4.78, 5) is 26.5. The molecule has 0 aromatic heterocycles. The lowest BCUT2D eigenvalue weighted by atomic mass is 9.98. The average molecular weight is 381 g/mol. The summed E-state index contributed by atoms with van der Waals surface area (Å²) < 4.78 is 5.40. The summed E-state index contributed by atoms with van der Waals surface area (Å²) in [6.07, 6.45) is 0.840. The number of nitrogens with one attached hydrogen (secondary N) is 2. The molecule has 2 aromatic carbocycles. The van der Waals surface area contributed by atoms with Crippen molar-refractivity contribution < 1.29 is 14.3 Å². The Balaban J connectivity index is 1.62. The van der Waals surface area contributed by atoms with Gasteiger partial charge in [-0.05, 0) is 60.9 Å². The minimum atomic E-state index is -0.310. The molecule has 0 radical (unpaired) electrons. The van der Waals surface area contributed by atoms with Gasteiger partial charge in [0.1, 0.15) is 5.75 Å². The number of carbonyl (C=O) groups excluding carboxylic acids is 2. The van der Waals surface area contributed by atoms with E-state index in [1.165, 1.54) is 5.56 Å². The van der Waals surface area contributed by atoms with Gasteiger partial charge in [-0.3, -0.25) is 4.79 Å². The van der Waals surface area contributed by atoms with E-state index in [4.69, 9.17) is 4.74 Å². The maximum Gasteiger partial charge on any atom is 0.323 e. The average Bonchev–Trinajstić information content (AvgIpc) is 2.68. The molecule has 0 saturated heterocycles. The normalized spacial score (nSPS) is 13.1. The van der Waals surface area contributed by atoms with Gasteiger partial charge in [-0.15, -0.1) is 0 Å². The molecule has 3 rings (SSSR count). The third kappa shape index (κ3) is 4.82. The predicted molar refractivity (Wildman–Crippen MR) is 111 cm³/mol. The molecule has 2 aromatic rings. The third-order valence-electron chi connectivity index (χ3n) is 4.71. The molecule has 0 aliphatic carbocycles. The molecule has 3 amide bonds. The van der Waals surface area contributed by atoms with Crippen LogP contribution >= 0.6 is 0 Å². The lowest BCUT2D eigenvalue weighted by Crippen LogP contribution is -2.38. The van der Waals surface area contributed by atoms with Gasteiger partial charge in [-0.2, -0.15) is 0 Å². The molecule has 0 fully saturated rings. The van der Waals surface area contributed by atoms with Crippen molar-refractivity contribution in [1.29, 1.82) is 0 Å². The van der Waals surface area contributed by atoms with Gasteiger partial charge in [0.15, 0.2) is 0 Å². The molecule has 148 valence electrons. The fourth-order valence-electron chi connectivity index (χ4n) is 3.28. The van der Waals surface area contributed by atoms with E-state index in [0.717, 1.165) is 24.3 Å². The van der Waals surface area contributed by atoms with Crippen LogP contribution in [0.15, 0.2) is 42.5 Å². The zero-order valence-corrected chi connectivity index (χ0v) is 16.6. The van der Waals surface area contributed by atoms with Crippen LogP contribution in [-0.4, -0.2) is 30.0 Å². The lowest BCUT2D eigenvalue weighted by Gasteiger charge is -2.30. The number of ether oxygens (including phenoxy) is 1. The van der Waals surface area contributed by atoms with Crippen LogP contribution in [0, 0.1) is 5.92 Å². The Labute approximate surface area is 165 Å². The van der Waals surface area contributed by atoms with Gasteiger partial charge in [-0.25, -0.2) is 4.79 Å². The van der Waals surface area contributed by atoms with Crippen molar-refractivity contribution >= 4 is 23.3 Å². The Bertz CT molecular complexity index is 847. The minimum Gasteiger partial charge on any atom is -0.494 e. The van der Waals surface area contributed by atoms with E-state index in [2.05, 4.69) is 10.6 Å². The number of urea groups is 1. The fraction of sp³-hybridized carbons (Fsp3) is 0.364. The van der Waals surface area contributed by atoms with E-state index in [9.17, 15) is 9.59 Å². The van der Waals surface area contributed by atoms with Gasteiger partial charge in [0.05, 0.1) is 6.61 Å². The Kier molecular flexibility index (Phi) is 6.19. The molecule has 0 atom stereocenters. The Morgan fingerprint density at radius 1 is 1.04 bits per heavy atom. The number of nitrogens with zero attached hydrogens (tertiary/aromatic N) is 1. The molecular weight excluding hydrogens is 354 g/mol. The minimum absolute atomic E-state index is 0.0113. The topological polar surface area (TPSA) is 70.7 Å². The summed E-state index contributed by atoms with van der Waals surface area (Å²) in [6, 6.07) is 12.8. The van der Waals surface area contributed by atoms with Crippen molar-refractivity contribution in [3.63, 3.8) is 0 Å². The van der Waals surface area contributed by atoms with Crippen LogP contribution < -0.4 is 15.4 Å². The monoisotopic (exact) mass is 381 g/mol. The number of benzene rings is 2. The molecule has 1 aliphatic heterocycles. The fourth-order valence-corrected chi connectivity index (χ4v) is 3.28. The van der Waals surface area contributed by atoms with E-state index in [1.807, 2.05) is 56.0 Å². The van der Waals surface area contributed by atoms with Crippen LogP contribution in [0.3, 0.4) is 0 Å². The molecule has 2 N–H and O–H groups in total. The predicted octanol–water partition coefficient (Wildman–Crippen LogP) is 4.27. The van der Waals surface area contributed by atoms with Crippen molar-refractivity contribution in [3.05, 3.63) is 53.6 Å². The zero-order chi connectivity index (χ0) is 20.1. The highest BCUT2D eigenvalue weighted by molar-refractivity contribution is 5.99. The Morgan fingerprint density at radius 3 is 2.39 bits per heavy atom. The summed E-state index contributed by atoms with van der Waals surface area (Å²) in [5, 5.41) is 5.67. The number of hydrogen-bond donors (Lipinski definition) is 2. The van der Waals surface area contributed by atoms with Crippen LogP contribution in [0.25, 0.3) is 0 Å². The molecule has 6 heteroatoms. The van der Waals surface area contributed by atoms with E-state index < -0.39 is 0 Å². The second-order valence-electron chi connectivity index (χ2n) is 7.18. The maximum absolute atomic E-state index is 12.3. The number of carbonyl (C=O) groups is 2. The number of rotatable bonds is 5. The highest BCUT2D eigenvalue weighted by atomic mass is 16.5. The quantitative estimate of drug-likeness (QED) is 0.812. The summed E-state index contributed by atoms with van der Waals surface area (Å²) in [5.74, 6) is 0.920. The maximum atomic E-state index is 12.3. The number of fused-ring (bicyclic) bond motifs is 1. The Morgan fingerprint density at radius 2 is 1.71 bits per heavy atom. The largest absolute Gasteiger partial charge is 0.494 e. The van der Waals surface area contributed by atoms with Gasteiger partial charge in [0.25, 0.3) is 0 Å². The first-order valence-electron chi connectivity index (χ1n) is 9.67. The molecule has 0 unspecified atom stereocenters. The first-order valence-corrected chi connectivity index (χ1v) is 9.67. The molecule has 28 heavy (non-hydrogen) atoms. The molecule has 1 aliphatic rings. The van der Waals surface area contributed by atoms with Crippen LogP contribution in [0.5, 0.6) is 5.75 Å². The van der Waals surface area contributed by atoms with Gasteiger partial charge in [-0.1, -0.05) is 19.9 Å². The number of hydrogen-bond acceptors (Lipinski definition) is 3. The molecule has 0 bridgehead atoms. The number of amides is 3. The standard InChI is InChI=1S/C22H27N3O3/c1-4-28-20-9-7-18(8-10-20)23-22(27)24-19-6-5-16-11-12-25(14-17(16)13-19)21(26)15(2)3/h5-10,13,15H,4,11-12,14H2,1-3H3,(H2,23,24,27).